The summed E-state index contributed by atoms with van der Waals surface area (Å²) >= 11 is 0. The van der Waals surface area contributed by atoms with E-state index in [1.807, 2.05) is 19.2 Å². The van der Waals surface area contributed by atoms with Gasteiger partial charge in [-0.3, -0.25) is 0 Å². The van der Waals surface area contributed by atoms with Crippen LogP contribution in [0.1, 0.15) is 18.9 Å². The van der Waals surface area contributed by atoms with Crippen molar-refractivity contribution in [2.24, 2.45) is 0 Å². The Bertz CT molecular complexity index is 286. The average Bonchev–Trinajstić information content (AvgIpc) is 2.31. The summed E-state index contributed by atoms with van der Waals surface area (Å²) in [6.45, 7) is 3.58. The van der Waals surface area contributed by atoms with Gasteiger partial charge in [0.05, 0.1) is 6.61 Å². The predicted octanol–water partition coefficient (Wildman–Crippen LogP) is 2.38. The predicted molar refractivity (Wildman–Crippen MR) is 64.1 cm³/mol. The SMILES string of the molecule is CCCOCC(Cc1ccc(F)cc1)NC. The van der Waals surface area contributed by atoms with Gasteiger partial charge in [0.15, 0.2) is 0 Å². The van der Waals surface area contributed by atoms with Gasteiger partial charge in [0, 0.05) is 12.6 Å². The topological polar surface area (TPSA) is 21.3 Å². The van der Waals surface area contributed by atoms with Crippen molar-refractivity contribution in [3.8, 4) is 0 Å². The second kappa shape index (κ2) is 7.36. The third kappa shape index (κ3) is 4.73. The summed E-state index contributed by atoms with van der Waals surface area (Å²) in [4.78, 5) is 0. The van der Waals surface area contributed by atoms with E-state index in [1.54, 1.807) is 0 Å². The van der Waals surface area contributed by atoms with Gasteiger partial charge in [0.25, 0.3) is 0 Å². The number of likely N-dealkylation sites (N-methyl/N-ethyl adjacent to an activating group) is 1. The molecule has 0 aliphatic carbocycles. The summed E-state index contributed by atoms with van der Waals surface area (Å²) in [5.41, 5.74) is 1.13. The molecule has 0 spiro atoms. The largest absolute Gasteiger partial charge is 0.380 e. The van der Waals surface area contributed by atoms with E-state index in [0.717, 1.165) is 25.0 Å². The molecule has 90 valence electrons. The number of halogens is 1. The first-order chi connectivity index (χ1) is 7.76. The zero-order chi connectivity index (χ0) is 11.8. The van der Waals surface area contributed by atoms with Crippen molar-refractivity contribution in [2.45, 2.75) is 25.8 Å². The van der Waals surface area contributed by atoms with Crippen molar-refractivity contribution in [3.05, 3.63) is 35.6 Å². The Morgan fingerprint density at radius 2 is 2.00 bits per heavy atom. The molecular formula is C13H20FNO. The summed E-state index contributed by atoms with van der Waals surface area (Å²) in [7, 11) is 1.92. The Hall–Kier alpha value is -0.930. The van der Waals surface area contributed by atoms with Crippen LogP contribution in [0.5, 0.6) is 0 Å². The molecule has 16 heavy (non-hydrogen) atoms. The molecule has 0 saturated carbocycles. The van der Waals surface area contributed by atoms with Gasteiger partial charge in [-0.2, -0.15) is 0 Å². The fourth-order valence-electron chi connectivity index (χ4n) is 1.52. The molecule has 1 rings (SSSR count). The molecule has 0 aromatic heterocycles. The molecule has 3 heteroatoms. The molecular weight excluding hydrogens is 205 g/mol. The lowest BCUT2D eigenvalue weighted by atomic mass is 10.1. The van der Waals surface area contributed by atoms with Crippen molar-refractivity contribution in [2.75, 3.05) is 20.3 Å². The maximum atomic E-state index is 12.7. The Morgan fingerprint density at radius 1 is 1.31 bits per heavy atom. The van der Waals surface area contributed by atoms with Crippen LogP contribution in [0.15, 0.2) is 24.3 Å². The molecule has 1 unspecified atom stereocenters. The monoisotopic (exact) mass is 225 g/mol. The summed E-state index contributed by atoms with van der Waals surface area (Å²) < 4.78 is 18.2. The fourth-order valence-corrected chi connectivity index (χ4v) is 1.52. The second-order valence-electron chi connectivity index (χ2n) is 3.89. The highest BCUT2D eigenvalue weighted by Crippen LogP contribution is 2.06. The lowest BCUT2D eigenvalue weighted by molar-refractivity contribution is 0.114. The number of hydrogen-bond acceptors (Lipinski definition) is 2. The van der Waals surface area contributed by atoms with Gasteiger partial charge >= 0.3 is 0 Å². The van der Waals surface area contributed by atoms with Crippen molar-refractivity contribution in [1.29, 1.82) is 0 Å². The summed E-state index contributed by atoms with van der Waals surface area (Å²) in [5.74, 6) is -0.188. The first-order valence-corrected chi connectivity index (χ1v) is 5.75. The van der Waals surface area contributed by atoms with Crippen LogP contribution in [0.3, 0.4) is 0 Å². The number of hydrogen-bond donors (Lipinski definition) is 1. The van der Waals surface area contributed by atoms with Crippen LogP contribution in [0.4, 0.5) is 4.39 Å². The zero-order valence-electron chi connectivity index (χ0n) is 10.0. The number of rotatable bonds is 7. The normalized spacial score (nSPS) is 12.7. The highest BCUT2D eigenvalue weighted by molar-refractivity contribution is 5.17. The number of benzene rings is 1. The van der Waals surface area contributed by atoms with E-state index >= 15 is 0 Å². The molecule has 1 N–H and O–H groups in total. The van der Waals surface area contributed by atoms with Crippen LogP contribution >= 0.6 is 0 Å². The third-order valence-corrected chi connectivity index (χ3v) is 2.47. The van der Waals surface area contributed by atoms with E-state index in [4.69, 9.17) is 4.74 Å². The van der Waals surface area contributed by atoms with Crippen LogP contribution in [0.25, 0.3) is 0 Å². The van der Waals surface area contributed by atoms with E-state index in [0.29, 0.717) is 6.61 Å². The zero-order valence-corrected chi connectivity index (χ0v) is 10.0. The summed E-state index contributed by atoms with van der Waals surface area (Å²) in [5, 5.41) is 3.21. The van der Waals surface area contributed by atoms with E-state index < -0.39 is 0 Å². The molecule has 0 aliphatic heterocycles. The van der Waals surface area contributed by atoms with Gasteiger partial charge in [0.1, 0.15) is 5.82 Å². The maximum absolute atomic E-state index is 12.7. The standard InChI is InChI=1S/C13H20FNO/c1-3-8-16-10-13(15-2)9-11-4-6-12(14)7-5-11/h4-7,13,15H,3,8-10H2,1-2H3. The molecule has 0 aliphatic rings. The smallest absolute Gasteiger partial charge is 0.123 e. The van der Waals surface area contributed by atoms with Crippen LogP contribution in [0, 0.1) is 5.82 Å². The van der Waals surface area contributed by atoms with Crippen LogP contribution in [-0.4, -0.2) is 26.3 Å². The van der Waals surface area contributed by atoms with Crippen LogP contribution in [-0.2, 0) is 11.2 Å². The van der Waals surface area contributed by atoms with Gasteiger partial charge in [-0.1, -0.05) is 19.1 Å². The first-order valence-electron chi connectivity index (χ1n) is 5.75. The van der Waals surface area contributed by atoms with Crippen molar-refractivity contribution < 1.29 is 9.13 Å². The highest BCUT2D eigenvalue weighted by atomic mass is 19.1. The maximum Gasteiger partial charge on any atom is 0.123 e. The average molecular weight is 225 g/mol. The molecule has 0 saturated heterocycles. The number of ether oxygens (including phenoxy) is 1. The molecule has 2 nitrogen and oxygen atoms in total. The van der Waals surface area contributed by atoms with Gasteiger partial charge in [-0.25, -0.2) is 4.39 Å². The Morgan fingerprint density at radius 3 is 2.56 bits per heavy atom. The lowest BCUT2D eigenvalue weighted by Crippen LogP contribution is -2.32. The molecule has 1 atom stereocenters. The quantitative estimate of drug-likeness (QED) is 0.719. The molecule has 1 aromatic rings. The van der Waals surface area contributed by atoms with Crippen molar-refractivity contribution in [3.63, 3.8) is 0 Å². The minimum Gasteiger partial charge on any atom is -0.380 e. The number of nitrogens with one attached hydrogen (secondary N) is 1. The molecule has 0 radical (unpaired) electrons. The van der Waals surface area contributed by atoms with Crippen molar-refractivity contribution >= 4 is 0 Å². The minimum atomic E-state index is -0.188. The van der Waals surface area contributed by atoms with Gasteiger partial charge in [0.2, 0.25) is 0 Å². The van der Waals surface area contributed by atoms with E-state index in [-0.39, 0.29) is 11.9 Å². The second-order valence-corrected chi connectivity index (χ2v) is 3.89. The fraction of sp³-hybridized carbons (Fsp3) is 0.538. The van der Waals surface area contributed by atoms with E-state index in [9.17, 15) is 4.39 Å². The highest BCUT2D eigenvalue weighted by Gasteiger charge is 2.07. The van der Waals surface area contributed by atoms with Crippen LogP contribution < -0.4 is 5.32 Å². The van der Waals surface area contributed by atoms with Gasteiger partial charge in [-0.05, 0) is 37.6 Å². The Balaban J connectivity index is 2.40. The lowest BCUT2D eigenvalue weighted by Gasteiger charge is -2.16. The molecule has 1 aromatic carbocycles. The Labute approximate surface area is 96.8 Å². The molecule has 0 amide bonds. The van der Waals surface area contributed by atoms with E-state index in [1.165, 1.54) is 12.1 Å². The van der Waals surface area contributed by atoms with Crippen molar-refractivity contribution in [1.82, 2.24) is 5.32 Å². The minimum absolute atomic E-state index is 0.188. The molecule has 0 heterocycles. The van der Waals surface area contributed by atoms with E-state index in [2.05, 4.69) is 12.2 Å². The summed E-state index contributed by atoms with van der Waals surface area (Å²) in [6.07, 6.45) is 1.90. The summed E-state index contributed by atoms with van der Waals surface area (Å²) in [6, 6.07) is 6.92. The van der Waals surface area contributed by atoms with Crippen LogP contribution in [0.2, 0.25) is 0 Å². The van der Waals surface area contributed by atoms with Gasteiger partial charge < -0.3 is 10.1 Å². The van der Waals surface area contributed by atoms with Gasteiger partial charge in [-0.15, -0.1) is 0 Å². The molecule has 0 fully saturated rings. The molecule has 0 bridgehead atoms. The third-order valence-electron chi connectivity index (χ3n) is 2.47. The Kier molecular flexibility index (Phi) is 6.04. The first kappa shape index (κ1) is 13.1.